The van der Waals surface area contributed by atoms with Crippen LogP contribution in [-0.2, 0) is 14.4 Å². The van der Waals surface area contributed by atoms with Crippen LogP contribution in [0.3, 0.4) is 0 Å². The molecular weight excluding hydrogens is 360 g/mol. The quantitative estimate of drug-likeness (QED) is 0.619. The number of rotatable bonds is 5. The first-order valence-electron chi connectivity index (χ1n) is 9.59. The van der Waals surface area contributed by atoms with Crippen LogP contribution in [0.4, 0.5) is 5.69 Å². The van der Waals surface area contributed by atoms with Gasteiger partial charge in [0.05, 0.1) is 31.7 Å². The van der Waals surface area contributed by atoms with E-state index in [0.29, 0.717) is 29.0 Å². The number of likely N-dealkylation sites (tertiary alicyclic amines) is 1. The van der Waals surface area contributed by atoms with Crippen molar-refractivity contribution in [1.82, 2.24) is 4.90 Å². The Balaban J connectivity index is 1.33. The summed E-state index contributed by atoms with van der Waals surface area (Å²) >= 11 is 0. The molecule has 0 aromatic heterocycles. The minimum absolute atomic E-state index is 0.156. The first-order chi connectivity index (χ1) is 13.5. The number of benzene rings is 1. The topological polar surface area (TPSA) is 84.9 Å². The lowest BCUT2D eigenvalue weighted by Gasteiger charge is -2.37. The highest BCUT2D eigenvalue weighted by atomic mass is 16.5. The Morgan fingerprint density at radius 1 is 1.07 bits per heavy atom. The van der Waals surface area contributed by atoms with Gasteiger partial charge in [-0.2, -0.15) is 0 Å². The largest absolute Gasteiger partial charge is 0.497 e. The molecule has 1 aromatic carbocycles. The maximum Gasteiger partial charge on any atom is 0.244 e. The lowest BCUT2D eigenvalue weighted by atomic mass is 9.63. The number of carbonyl (C=O) groups excluding carboxylic acids is 3. The van der Waals surface area contributed by atoms with Gasteiger partial charge in [0.1, 0.15) is 18.0 Å². The summed E-state index contributed by atoms with van der Waals surface area (Å²) in [5, 5.41) is 2.74. The van der Waals surface area contributed by atoms with E-state index in [1.54, 1.807) is 18.2 Å². The molecule has 3 fully saturated rings. The van der Waals surface area contributed by atoms with E-state index in [1.807, 2.05) is 0 Å². The minimum atomic E-state index is -0.433. The van der Waals surface area contributed by atoms with Crippen molar-refractivity contribution >= 4 is 23.4 Å². The van der Waals surface area contributed by atoms with Crippen LogP contribution >= 0.6 is 0 Å². The van der Waals surface area contributed by atoms with Gasteiger partial charge in [-0.15, -0.1) is 0 Å². The molecule has 2 bridgehead atoms. The third kappa shape index (κ3) is 2.38. The van der Waals surface area contributed by atoms with E-state index in [9.17, 15) is 14.4 Å². The third-order valence-electron chi connectivity index (χ3n) is 6.74. The number of hydrogen-bond acceptors (Lipinski definition) is 5. The zero-order chi connectivity index (χ0) is 19.6. The number of hydrogen-bond donors (Lipinski definition) is 1. The molecule has 1 aromatic rings. The second-order valence-corrected chi connectivity index (χ2v) is 8.03. The summed E-state index contributed by atoms with van der Waals surface area (Å²) in [5.74, 6) is 1.03. The molecule has 7 heteroatoms. The van der Waals surface area contributed by atoms with Gasteiger partial charge in [-0.25, -0.2) is 0 Å². The van der Waals surface area contributed by atoms with Crippen molar-refractivity contribution in [3.8, 4) is 11.5 Å². The van der Waals surface area contributed by atoms with Gasteiger partial charge in [-0.05, 0) is 42.2 Å². The van der Waals surface area contributed by atoms with Gasteiger partial charge < -0.3 is 14.8 Å². The van der Waals surface area contributed by atoms with E-state index in [0.717, 1.165) is 11.3 Å². The Morgan fingerprint density at radius 3 is 2.29 bits per heavy atom. The minimum Gasteiger partial charge on any atom is -0.497 e. The smallest absolute Gasteiger partial charge is 0.244 e. The number of allylic oxidation sites excluding steroid dienone is 2. The summed E-state index contributed by atoms with van der Waals surface area (Å²) in [7, 11) is 3.04. The fourth-order valence-corrected chi connectivity index (χ4v) is 5.42. The van der Waals surface area contributed by atoms with Gasteiger partial charge in [-0.3, -0.25) is 19.3 Å². The fourth-order valence-electron chi connectivity index (χ4n) is 5.42. The van der Waals surface area contributed by atoms with Crippen molar-refractivity contribution in [2.45, 2.75) is 6.42 Å². The number of amides is 3. The van der Waals surface area contributed by atoms with Gasteiger partial charge in [0.15, 0.2) is 0 Å². The average Bonchev–Trinajstić information content (AvgIpc) is 3.49. The van der Waals surface area contributed by atoms with Crippen LogP contribution in [-0.4, -0.2) is 43.4 Å². The maximum absolute atomic E-state index is 13.0. The van der Waals surface area contributed by atoms with E-state index in [4.69, 9.17) is 9.47 Å². The molecule has 1 aliphatic heterocycles. The number of imide groups is 1. The normalized spacial score (nSPS) is 34.1. The Bertz CT molecular complexity index is 874. The zero-order valence-electron chi connectivity index (χ0n) is 15.8. The van der Waals surface area contributed by atoms with Crippen molar-refractivity contribution in [2.24, 2.45) is 35.5 Å². The molecule has 1 N–H and O–H groups in total. The van der Waals surface area contributed by atoms with Crippen LogP contribution in [0.15, 0.2) is 30.4 Å². The van der Waals surface area contributed by atoms with Gasteiger partial charge in [0.25, 0.3) is 0 Å². The number of methoxy groups -OCH3 is 2. The highest BCUT2D eigenvalue weighted by molar-refractivity contribution is 6.09. The highest BCUT2D eigenvalue weighted by Gasteiger charge is 2.67. The van der Waals surface area contributed by atoms with Gasteiger partial charge >= 0.3 is 0 Å². The summed E-state index contributed by atoms with van der Waals surface area (Å²) in [5.41, 5.74) is 0.436. The molecule has 0 radical (unpaired) electrons. The molecule has 0 spiro atoms. The average molecular weight is 382 g/mol. The predicted molar refractivity (Wildman–Crippen MR) is 99.6 cm³/mol. The Morgan fingerprint density at radius 2 is 1.71 bits per heavy atom. The summed E-state index contributed by atoms with van der Waals surface area (Å²) in [4.78, 5) is 39.7. The van der Waals surface area contributed by atoms with Crippen molar-refractivity contribution in [3.05, 3.63) is 30.4 Å². The van der Waals surface area contributed by atoms with E-state index in [1.165, 1.54) is 14.2 Å². The molecule has 28 heavy (non-hydrogen) atoms. The highest BCUT2D eigenvalue weighted by Crippen LogP contribution is 2.65. The molecule has 5 aliphatic rings. The number of anilines is 1. The lowest BCUT2D eigenvalue weighted by Crippen LogP contribution is -2.40. The molecule has 1 saturated heterocycles. The molecule has 4 aliphatic carbocycles. The van der Waals surface area contributed by atoms with Crippen LogP contribution in [0.25, 0.3) is 0 Å². The second kappa shape index (κ2) is 6.09. The molecule has 6 rings (SSSR count). The molecule has 1 heterocycles. The van der Waals surface area contributed by atoms with E-state index in [2.05, 4.69) is 17.5 Å². The van der Waals surface area contributed by atoms with Crippen LogP contribution < -0.4 is 14.8 Å². The molecular formula is C21H22N2O5. The molecule has 0 unspecified atom stereocenters. The zero-order valence-corrected chi connectivity index (χ0v) is 15.8. The number of ether oxygens (including phenoxy) is 2. The molecule has 7 nitrogen and oxygen atoms in total. The van der Waals surface area contributed by atoms with Gasteiger partial charge in [-0.1, -0.05) is 12.2 Å². The second-order valence-electron chi connectivity index (χ2n) is 8.03. The lowest BCUT2D eigenvalue weighted by molar-refractivity contribution is -0.142. The summed E-state index contributed by atoms with van der Waals surface area (Å²) in [6.45, 7) is -0.278. The van der Waals surface area contributed by atoms with Crippen LogP contribution in [0, 0.1) is 35.5 Å². The Kier molecular flexibility index (Phi) is 3.76. The summed E-state index contributed by atoms with van der Waals surface area (Å²) in [6, 6.07) is 5.05. The number of nitrogens with zero attached hydrogens (tertiary/aromatic N) is 1. The van der Waals surface area contributed by atoms with Gasteiger partial charge in [0, 0.05) is 6.07 Å². The SMILES string of the molecule is COc1ccc(OC)c(NC(=O)CN2C(=O)[C@@H]3[C@H]4C=C[C@@H]([C@@H]5C[C@H]45)[C@H]3C2=O)c1. The Hall–Kier alpha value is -2.83. The van der Waals surface area contributed by atoms with Gasteiger partial charge in [0.2, 0.25) is 17.7 Å². The molecule has 146 valence electrons. The van der Waals surface area contributed by atoms with E-state index >= 15 is 0 Å². The van der Waals surface area contributed by atoms with Crippen molar-refractivity contribution in [1.29, 1.82) is 0 Å². The molecule has 6 atom stereocenters. The van der Waals surface area contributed by atoms with Crippen molar-refractivity contribution < 1.29 is 23.9 Å². The summed E-state index contributed by atoms with van der Waals surface area (Å²) in [6.07, 6.45) is 5.36. The Labute approximate surface area is 162 Å². The third-order valence-corrected chi connectivity index (χ3v) is 6.74. The standard InChI is InChI=1S/C21H22N2O5/c1-27-10-3-6-16(28-2)15(7-10)22-17(24)9-23-20(25)18-11-4-5-12(14-8-13(11)14)19(18)21(23)26/h3-7,11-14,18-19H,8-9H2,1-2H3,(H,22,24)/t11-,12-,13-,14+,18+,19+/m0/s1. The van der Waals surface area contributed by atoms with E-state index in [-0.39, 0.29) is 42.0 Å². The first-order valence-corrected chi connectivity index (χ1v) is 9.59. The summed E-state index contributed by atoms with van der Waals surface area (Å²) < 4.78 is 10.4. The number of nitrogens with one attached hydrogen (secondary N) is 1. The maximum atomic E-state index is 13.0. The molecule has 2 saturated carbocycles. The fraction of sp³-hybridized carbons (Fsp3) is 0.476. The monoisotopic (exact) mass is 382 g/mol. The van der Waals surface area contributed by atoms with Crippen LogP contribution in [0.2, 0.25) is 0 Å². The number of carbonyl (C=O) groups is 3. The van der Waals surface area contributed by atoms with Crippen molar-refractivity contribution in [2.75, 3.05) is 26.1 Å². The molecule has 3 amide bonds. The van der Waals surface area contributed by atoms with Crippen LogP contribution in [0.5, 0.6) is 11.5 Å². The predicted octanol–water partition coefficient (Wildman–Crippen LogP) is 1.70. The van der Waals surface area contributed by atoms with E-state index < -0.39 is 5.91 Å². The van der Waals surface area contributed by atoms with Crippen LogP contribution in [0.1, 0.15) is 6.42 Å². The van der Waals surface area contributed by atoms with Crippen molar-refractivity contribution in [3.63, 3.8) is 0 Å². The first kappa shape index (κ1) is 17.3.